The molecule has 0 spiro atoms. The van der Waals surface area contributed by atoms with Crippen LogP contribution in [0.3, 0.4) is 0 Å². The largest absolute Gasteiger partial charge is 0.369 e. The van der Waals surface area contributed by atoms with E-state index in [1.165, 1.54) is 44.9 Å². The van der Waals surface area contributed by atoms with Crippen LogP contribution in [0.25, 0.3) is 0 Å². The van der Waals surface area contributed by atoms with Gasteiger partial charge in [0.25, 0.3) is 0 Å². The molecule has 6 rings (SSSR count). The van der Waals surface area contributed by atoms with Crippen molar-refractivity contribution in [1.29, 1.82) is 0 Å². The minimum absolute atomic E-state index is 0.595. The molecule has 0 aromatic carbocycles. The van der Waals surface area contributed by atoms with Crippen molar-refractivity contribution in [1.82, 2.24) is 0 Å². The molecule has 0 amide bonds. The third kappa shape index (κ3) is 1.10. The Labute approximate surface area is 103 Å². The number of ether oxygens (including phenoxy) is 1. The maximum absolute atomic E-state index is 5.77. The van der Waals surface area contributed by atoms with Gasteiger partial charge in [-0.2, -0.15) is 0 Å². The molecular formula is C16H20O. The standard InChI is InChI=1S/C16H20O/c1-16-7-9-4-11(16)5-10(8-16)13-6-15-14(17-15)3-2-12(9)13/h11,14-15H,2-8H2,1H3. The van der Waals surface area contributed by atoms with E-state index in [9.17, 15) is 0 Å². The molecule has 90 valence electrons. The molecule has 4 atom stereocenters. The van der Waals surface area contributed by atoms with Crippen molar-refractivity contribution in [3.8, 4) is 0 Å². The zero-order valence-electron chi connectivity index (χ0n) is 10.6. The van der Waals surface area contributed by atoms with E-state index in [0.717, 1.165) is 5.92 Å². The quantitative estimate of drug-likeness (QED) is 0.575. The van der Waals surface area contributed by atoms with Crippen LogP contribution >= 0.6 is 0 Å². The van der Waals surface area contributed by atoms with E-state index in [1.54, 1.807) is 11.1 Å². The van der Waals surface area contributed by atoms with Gasteiger partial charge in [-0.1, -0.05) is 18.1 Å². The molecule has 1 aliphatic heterocycles. The summed E-state index contributed by atoms with van der Waals surface area (Å²) >= 11 is 0. The smallest absolute Gasteiger partial charge is 0.0882 e. The first-order chi connectivity index (χ1) is 8.23. The Morgan fingerprint density at radius 2 is 1.76 bits per heavy atom. The molecule has 1 nitrogen and oxygen atoms in total. The SMILES string of the molecule is CC12CC3=C4CCC5OC5CC4=C(CC1C3)C2. The first kappa shape index (κ1) is 9.38. The Bertz CT molecular complexity index is 484. The first-order valence-electron chi connectivity index (χ1n) is 7.30. The number of fused-ring (bicyclic) bond motifs is 1. The highest BCUT2D eigenvalue weighted by Crippen LogP contribution is 2.63. The molecule has 1 saturated heterocycles. The van der Waals surface area contributed by atoms with Gasteiger partial charge >= 0.3 is 0 Å². The summed E-state index contributed by atoms with van der Waals surface area (Å²) in [7, 11) is 0. The second kappa shape index (κ2) is 2.71. The van der Waals surface area contributed by atoms with Gasteiger partial charge in [-0.05, 0) is 61.0 Å². The molecule has 4 unspecified atom stereocenters. The van der Waals surface area contributed by atoms with E-state index < -0.39 is 0 Å². The summed E-state index contributed by atoms with van der Waals surface area (Å²) < 4.78 is 5.77. The van der Waals surface area contributed by atoms with Gasteiger partial charge in [-0.25, -0.2) is 0 Å². The van der Waals surface area contributed by atoms with Crippen LogP contribution in [0.15, 0.2) is 22.3 Å². The summed E-state index contributed by atoms with van der Waals surface area (Å²) in [5, 5.41) is 0. The summed E-state index contributed by atoms with van der Waals surface area (Å²) in [5.41, 5.74) is 7.89. The third-order valence-corrected chi connectivity index (χ3v) is 6.20. The van der Waals surface area contributed by atoms with Crippen LogP contribution in [0.2, 0.25) is 0 Å². The van der Waals surface area contributed by atoms with Crippen molar-refractivity contribution in [3.63, 3.8) is 0 Å². The fraction of sp³-hybridized carbons (Fsp3) is 0.750. The van der Waals surface area contributed by atoms with Gasteiger partial charge in [0.1, 0.15) is 0 Å². The van der Waals surface area contributed by atoms with E-state index in [-0.39, 0.29) is 0 Å². The molecule has 6 aliphatic rings. The Morgan fingerprint density at radius 1 is 1.00 bits per heavy atom. The van der Waals surface area contributed by atoms with Crippen LogP contribution in [0.1, 0.15) is 51.9 Å². The molecule has 0 aromatic rings. The second-order valence-electron chi connectivity index (χ2n) is 7.23. The molecule has 4 fully saturated rings. The molecule has 0 N–H and O–H groups in total. The monoisotopic (exact) mass is 228 g/mol. The van der Waals surface area contributed by atoms with Gasteiger partial charge in [0.2, 0.25) is 0 Å². The van der Waals surface area contributed by atoms with Crippen molar-refractivity contribution < 1.29 is 4.74 Å². The summed E-state index contributed by atoms with van der Waals surface area (Å²) in [5.74, 6) is 0.982. The van der Waals surface area contributed by atoms with E-state index in [1.807, 2.05) is 11.1 Å². The zero-order chi connectivity index (χ0) is 11.2. The van der Waals surface area contributed by atoms with Crippen molar-refractivity contribution in [3.05, 3.63) is 22.3 Å². The van der Waals surface area contributed by atoms with Gasteiger partial charge in [-0.3, -0.25) is 0 Å². The molecule has 4 bridgehead atoms. The first-order valence-corrected chi connectivity index (χ1v) is 7.30. The number of hydrogen-bond acceptors (Lipinski definition) is 1. The Kier molecular flexibility index (Phi) is 1.50. The predicted octanol–water partition coefficient (Wildman–Crippen LogP) is 3.75. The average molecular weight is 228 g/mol. The highest BCUT2D eigenvalue weighted by atomic mass is 16.6. The van der Waals surface area contributed by atoms with Gasteiger partial charge in [-0.15, -0.1) is 0 Å². The summed E-state index contributed by atoms with van der Waals surface area (Å²) in [4.78, 5) is 0. The van der Waals surface area contributed by atoms with Crippen molar-refractivity contribution in [2.24, 2.45) is 11.3 Å². The lowest BCUT2D eigenvalue weighted by Crippen LogP contribution is -2.13. The summed E-state index contributed by atoms with van der Waals surface area (Å²) in [6.45, 7) is 2.54. The van der Waals surface area contributed by atoms with Crippen LogP contribution in [-0.4, -0.2) is 12.2 Å². The molecule has 0 radical (unpaired) electrons. The van der Waals surface area contributed by atoms with Crippen LogP contribution in [0.4, 0.5) is 0 Å². The third-order valence-electron chi connectivity index (χ3n) is 6.20. The molecular weight excluding hydrogens is 208 g/mol. The van der Waals surface area contributed by atoms with Gasteiger partial charge < -0.3 is 4.74 Å². The predicted molar refractivity (Wildman–Crippen MR) is 66.6 cm³/mol. The van der Waals surface area contributed by atoms with E-state index in [2.05, 4.69) is 6.92 Å². The molecule has 3 saturated carbocycles. The van der Waals surface area contributed by atoms with E-state index in [0.29, 0.717) is 17.6 Å². The highest BCUT2D eigenvalue weighted by Gasteiger charge is 2.52. The van der Waals surface area contributed by atoms with E-state index >= 15 is 0 Å². The van der Waals surface area contributed by atoms with Gasteiger partial charge in [0.05, 0.1) is 12.2 Å². The lowest BCUT2D eigenvalue weighted by atomic mass is 9.83. The van der Waals surface area contributed by atoms with Crippen molar-refractivity contribution >= 4 is 0 Å². The molecule has 17 heavy (non-hydrogen) atoms. The van der Waals surface area contributed by atoms with E-state index in [4.69, 9.17) is 4.74 Å². The Hall–Kier alpha value is -0.560. The lowest BCUT2D eigenvalue weighted by molar-refractivity contribution is 0.280. The molecule has 1 heteroatoms. The minimum atomic E-state index is 0.595. The second-order valence-corrected chi connectivity index (χ2v) is 7.23. The summed E-state index contributed by atoms with van der Waals surface area (Å²) in [6.07, 6.45) is 10.7. The average Bonchev–Trinajstić information content (AvgIpc) is 2.89. The fourth-order valence-corrected chi connectivity index (χ4v) is 5.21. The summed E-state index contributed by atoms with van der Waals surface area (Å²) in [6, 6.07) is 0. The molecule has 0 aromatic heterocycles. The Morgan fingerprint density at radius 3 is 2.53 bits per heavy atom. The Balaban J connectivity index is 1.71. The molecule has 1 heterocycles. The zero-order valence-corrected chi connectivity index (χ0v) is 10.6. The topological polar surface area (TPSA) is 12.5 Å². The maximum Gasteiger partial charge on any atom is 0.0882 e. The van der Waals surface area contributed by atoms with Crippen LogP contribution < -0.4 is 0 Å². The molecule has 5 aliphatic carbocycles. The fourth-order valence-electron chi connectivity index (χ4n) is 5.21. The van der Waals surface area contributed by atoms with Gasteiger partial charge in [0, 0.05) is 6.42 Å². The maximum atomic E-state index is 5.77. The minimum Gasteiger partial charge on any atom is -0.369 e. The number of epoxide rings is 1. The van der Waals surface area contributed by atoms with Gasteiger partial charge in [0.15, 0.2) is 0 Å². The number of hydrogen-bond donors (Lipinski definition) is 0. The number of rotatable bonds is 0. The normalized spacial score (nSPS) is 50.3. The van der Waals surface area contributed by atoms with Crippen LogP contribution in [0.5, 0.6) is 0 Å². The van der Waals surface area contributed by atoms with Crippen LogP contribution in [-0.2, 0) is 4.74 Å². The van der Waals surface area contributed by atoms with Crippen LogP contribution in [0, 0.1) is 11.3 Å². The number of allylic oxidation sites excluding steroid dienone is 3. The highest BCUT2D eigenvalue weighted by molar-refractivity contribution is 5.49. The van der Waals surface area contributed by atoms with Crippen molar-refractivity contribution in [2.45, 2.75) is 64.1 Å². The van der Waals surface area contributed by atoms with Crippen molar-refractivity contribution in [2.75, 3.05) is 0 Å². The lowest BCUT2D eigenvalue weighted by Gasteiger charge is -2.21.